The summed E-state index contributed by atoms with van der Waals surface area (Å²) in [5.74, 6) is 1.90. The number of hydrogen-bond donors (Lipinski definition) is 1. The summed E-state index contributed by atoms with van der Waals surface area (Å²) in [7, 11) is 2.08. The Labute approximate surface area is 122 Å². The maximum atomic E-state index is 5.56. The van der Waals surface area contributed by atoms with Gasteiger partial charge in [0.05, 0.1) is 0 Å². The van der Waals surface area contributed by atoms with Gasteiger partial charge >= 0.3 is 0 Å². The van der Waals surface area contributed by atoms with Gasteiger partial charge in [0, 0.05) is 45.6 Å². The fourth-order valence-electron chi connectivity index (χ4n) is 2.96. The summed E-state index contributed by atoms with van der Waals surface area (Å²) in [4.78, 5) is 4.45. The number of nitrogens with zero attached hydrogens (tertiary/aromatic N) is 2. The molecule has 0 spiro atoms. The van der Waals surface area contributed by atoms with Gasteiger partial charge in [-0.2, -0.15) is 0 Å². The highest BCUT2D eigenvalue weighted by molar-refractivity contribution is 4.94. The number of ether oxygens (including phenoxy) is 1. The monoisotopic (exact) mass is 279 g/mol. The second-order valence-corrected chi connectivity index (χ2v) is 6.59. The van der Waals surface area contributed by atoms with Crippen molar-refractivity contribution in [1.82, 2.24) is 14.9 Å². The second kappa shape index (κ2) is 7.23. The molecule has 2 heterocycles. The lowest BCUT2D eigenvalue weighted by Crippen LogP contribution is -2.40. The molecule has 1 saturated heterocycles. The number of imidazole rings is 1. The van der Waals surface area contributed by atoms with Crippen molar-refractivity contribution in [2.75, 3.05) is 26.3 Å². The molecular weight excluding hydrogens is 250 g/mol. The molecule has 1 N–H and O–H groups in total. The maximum absolute atomic E-state index is 5.56. The Kier molecular flexibility index (Phi) is 5.61. The van der Waals surface area contributed by atoms with E-state index in [0.29, 0.717) is 11.3 Å². The highest BCUT2D eigenvalue weighted by Crippen LogP contribution is 2.34. The maximum Gasteiger partial charge on any atom is 0.108 e. The van der Waals surface area contributed by atoms with Gasteiger partial charge in [-0.3, -0.25) is 0 Å². The average molecular weight is 279 g/mol. The Morgan fingerprint density at radius 1 is 1.40 bits per heavy atom. The molecular formula is C16H29N3O. The van der Waals surface area contributed by atoms with Crippen molar-refractivity contribution in [1.29, 1.82) is 0 Å². The van der Waals surface area contributed by atoms with Crippen LogP contribution in [0.4, 0.5) is 0 Å². The third-order valence-corrected chi connectivity index (χ3v) is 4.41. The van der Waals surface area contributed by atoms with E-state index < -0.39 is 0 Å². The Balaban J connectivity index is 1.90. The van der Waals surface area contributed by atoms with E-state index in [2.05, 4.69) is 35.8 Å². The lowest BCUT2D eigenvalue weighted by Gasteiger charge is -2.38. The molecule has 0 aromatic carbocycles. The fourth-order valence-corrected chi connectivity index (χ4v) is 2.96. The number of aryl methyl sites for hydroxylation is 2. The third kappa shape index (κ3) is 4.32. The Morgan fingerprint density at radius 2 is 2.15 bits per heavy atom. The molecule has 1 aliphatic rings. The summed E-state index contributed by atoms with van der Waals surface area (Å²) in [6.45, 7) is 8.55. The topological polar surface area (TPSA) is 39.1 Å². The highest BCUT2D eigenvalue weighted by Gasteiger charge is 2.32. The first kappa shape index (κ1) is 15.5. The number of hydrogen-bond acceptors (Lipinski definition) is 3. The quantitative estimate of drug-likeness (QED) is 0.833. The minimum Gasteiger partial charge on any atom is -0.381 e. The summed E-state index contributed by atoms with van der Waals surface area (Å²) in [5.41, 5.74) is 0.388. The zero-order valence-electron chi connectivity index (χ0n) is 13.2. The summed E-state index contributed by atoms with van der Waals surface area (Å²) in [6.07, 6.45) is 8.52. The molecule has 1 aromatic heterocycles. The van der Waals surface area contributed by atoms with Crippen molar-refractivity contribution in [3.8, 4) is 0 Å². The average Bonchev–Trinajstić information content (AvgIpc) is 2.83. The van der Waals surface area contributed by atoms with Gasteiger partial charge in [-0.25, -0.2) is 4.98 Å². The minimum atomic E-state index is 0.388. The molecule has 0 unspecified atom stereocenters. The van der Waals surface area contributed by atoms with Crippen LogP contribution in [-0.4, -0.2) is 35.9 Å². The Hall–Kier alpha value is -0.870. The van der Waals surface area contributed by atoms with Gasteiger partial charge in [0.25, 0.3) is 0 Å². The second-order valence-electron chi connectivity index (χ2n) is 6.59. The molecule has 4 heteroatoms. The van der Waals surface area contributed by atoms with Gasteiger partial charge in [0.15, 0.2) is 0 Å². The SMILES string of the molecule is CC(C)CNCC1(CCc2nccn2C)CCOCC1. The first-order valence-electron chi connectivity index (χ1n) is 7.86. The molecule has 1 aliphatic heterocycles. The van der Waals surface area contributed by atoms with Gasteiger partial charge in [-0.1, -0.05) is 13.8 Å². The molecule has 0 saturated carbocycles. The third-order valence-electron chi connectivity index (χ3n) is 4.41. The Morgan fingerprint density at radius 3 is 2.75 bits per heavy atom. The van der Waals surface area contributed by atoms with Crippen molar-refractivity contribution in [2.24, 2.45) is 18.4 Å². The number of nitrogens with one attached hydrogen (secondary N) is 1. The van der Waals surface area contributed by atoms with Gasteiger partial charge in [-0.05, 0) is 37.1 Å². The lowest BCUT2D eigenvalue weighted by molar-refractivity contribution is 0.0100. The molecule has 20 heavy (non-hydrogen) atoms. The summed E-state index contributed by atoms with van der Waals surface area (Å²) in [5, 5.41) is 3.66. The van der Waals surface area contributed by atoms with Gasteiger partial charge < -0.3 is 14.6 Å². The van der Waals surface area contributed by atoms with Crippen LogP contribution in [0.5, 0.6) is 0 Å². The zero-order valence-corrected chi connectivity index (χ0v) is 13.2. The van der Waals surface area contributed by atoms with Crippen LogP contribution in [0.1, 0.15) is 38.9 Å². The standard InChI is InChI=1S/C16H29N3O/c1-14(2)12-17-13-16(6-10-20-11-7-16)5-4-15-18-8-9-19(15)3/h8-9,14,17H,4-7,10-13H2,1-3H3. The molecule has 4 nitrogen and oxygen atoms in total. The Bertz CT molecular complexity index is 394. The van der Waals surface area contributed by atoms with Crippen LogP contribution >= 0.6 is 0 Å². The highest BCUT2D eigenvalue weighted by atomic mass is 16.5. The fraction of sp³-hybridized carbons (Fsp3) is 0.812. The van der Waals surface area contributed by atoms with Crippen LogP contribution in [-0.2, 0) is 18.2 Å². The van der Waals surface area contributed by atoms with E-state index in [1.54, 1.807) is 0 Å². The molecule has 0 bridgehead atoms. The van der Waals surface area contributed by atoms with Crippen LogP contribution in [0.15, 0.2) is 12.4 Å². The predicted molar refractivity (Wildman–Crippen MR) is 81.7 cm³/mol. The van der Waals surface area contributed by atoms with Gasteiger partial charge in [0.2, 0.25) is 0 Å². The van der Waals surface area contributed by atoms with E-state index in [0.717, 1.165) is 32.7 Å². The van der Waals surface area contributed by atoms with Crippen molar-refractivity contribution in [3.63, 3.8) is 0 Å². The van der Waals surface area contributed by atoms with E-state index in [9.17, 15) is 0 Å². The van der Waals surface area contributed by atoms with Crippen molar-refractivity contribution in [3.05, 3.63) is 18.2 Å². The molecule has 0 amide bonds. The zero-order chi connectivity index (χ0) is 14.4. The van der Waals surface area contributed by atoms with Crippen LogP contribution < -0.4 is 5.32 Å². The first-order chi connectivity index (χ1) is 9.61. The van der Waals surface area contributed by atoms with Crippen molar-refractivity contribution in [2.45, 2.75) is 39.5 Å². The van der Waals surface area contributed by atoms with Crippen LogP contribution in [0.25, 0.3) is 0 Å². The van der Waals surface area contributed by atoms with Crippen LogP contribution in [0, 0.1) is 11.3 Å². The normalized spacial score (nSPS) is 18.6. The molecule has 1 aromatic rings. The first-order valence-corrected chi connectivity index (χ1v) is 7.86. The van der Waals surface area contributed by atoms with E-state index >= 15 is 0 Å². The molecule has 0 aliphatic carbocycles. The molecule has 1 fully saturated rings. The molecule has 114 valence electrons. The largest absolute Gasteiger partial charge is 0.381 e. The molecule has 0 atom stereocenters. The summed E-state index contributed by atoms with van der Waals surface area (Å²) < 4.78 is 7.70. The number of rotatable bonds is 7. The van der Waals surface area contributed by atoms with Crippen molar-refractivity contribution < 1.29 is 4.74 Å². The summed E-state index contributed by atoms with van der Waals surface area (Å²) in [6, 6.07) is 0. The smallest absolute Gasteiger partial charge is 0.108 e. The van der Waals surface area contributed by atoms with Crippen LogP contribution in [0.2, 0.25) is 0 Å². The van der Waals surface area contributed by atoms with E-state index in [1.807, 2.05) is 12.4 Å². The molecule has 2 rings (SSSR count). The lowest BCUT2D eigenvalue weighted by atomic mass is 9.76. The van der Waals surface area contributed by atoms with Crippen molar-refractivity contribution >= 4 is 0 Å². The number of aromatic nitrogens is 2. The summed E-state index contributed by atoms with van der Waals surface area (Å²) >= 11 is 0. The molecule has 0 radical (unpaired) electrons. The minimum absolute atomic E-state index is 0.388. The van der Waals surface area contributed by atoms with Gasteiger partial charge in [-0.15, -0.1) is 0 Å². The van der Waals surface area contributed by atoms with E-state index in [1.165, 1.54) is 25.1 Å². The van der Waals surface area contributed by atoms with E-state index in [4.69, 9.17) is 4.74 Å². The van der Waals surface area contributed by atoms with E-state index in [-0.39, 0.29) is 0 Å². The van der Waals surface area contributed by atoms with Crippen LogP contribution in [0.3, 0.4) is 0 Å². The predicted octanol–water partition coefficient (Wildman–Crippen LogP) is 2.40. The van der Waals surface area contributed by atoms with Gasteiger partial charge in [0.1, 0.15) is 5.82 Å².